The molecule has 106 valence electrons. The Kier molecular flexibility index (Phi) is 5.24. The minimum atomic E-state index is -0.958. The fraction of sp³-hybridized carbons (Fsp3) is 0.571. The zero-order valence-corrected chi connectivity index (χ0v) is 10.7. The number of benzene rings is 1. The second-order valence-electron chi connectivity index (χ2n) is 4.90. The van der Waals surface area contributed by atoms with Gasteiger partial charge in [0, 0.05) is 31.4 Å². The molecule has 0 aromatic heterocycles. The van der Waals surface area contributed by atoms with E-state index >= 15 is 0 Å². The maximum Gasteiger partial charge on any atom is 0.131 e. The van der Waals surface area contributed by atoms with Crippen LogP contribution in [0.2, 0.25) is 0 Å². The number of aliphatic hydroxyl groups is 1. The van der Waals surface area contributed by atoms with Crippen LogP contribution in [0.5, 0.6) is 0 Å². The average molecular weight is 271 g/mol. The fourth-order valence-electron chi connectivity index (χ4n) is 2.24. The van der Waals surface area contributed by atoms with E-state index in [0.717, 1.165) is 44.7 Å². The molecule has 0 bridgehead atoms. The molecule has 2 unspecified atom stereocenters. The predicted octanol–water partition coefficient (Wildman–Crippen LogP) is 2.01. The van der Waals surface area contributed by atoms with Gasteiger partial charge in [-0.3, -0.25) is 0 Å². The lowest BCUT2D eigenvalue weighted by Crippen LogP contribution is -2.24. The molecule has 5 heteroatoms. The molecule has 0 amide bonds. The van der Waals surface area contributed by atoms with Gasteiger partial charge in [0.1, 0.15) is 11.6 Å². The minimum Gasteiger partial charge on any atom is -0.387 e. The highest BCUT2D eigenvalue weighted by Gasteiger charge is 2.16. The monoisotopic (exact) mass is 271 g/mol. The molecule has 1 aliphatic heterocycles. The minimum absolute atomic E-state index is 0.123. The van der Waals surface area contributed by atoms with Crippen molar-refractivity contribution in [1.29, 1.82) is 0 Å². The van der Waals surface area contributed by atoms with Crippen LogP contribution in [0.1, 0.15) is 24.5 Å². The lowest BCUT2D eigenvalue weighted by molar-refractivity contribution is 0.167. The van der Waals surface area contributed by atoms with E-state index in [1.54, 1.807) is 0 Å². The molecule has 1 aromatic rings. The van der Waals surface area contributed by atoms with Gasteiger partial charge in [0.05, 0.1) is 6.10 Å². The molecule has 1 fully saturated rings. The van der Waals surface area contributed by atoms with Gasteiger partial charge in [-0.1, -0.05) is 6.07 Å². The summed E-state index contributed by atoms with van der Waals surface area (Å²) in [4.78, 5) is 0. The van der Waals surface area contributed by atoms with Gasteiger partial charge in [-0.05, 0) is 31.4 Å². The summed E-state index contributed by atoms with van der Waals surface area (Å²) in [6, 6.07) is 3.22. The van der Waals surface area contributed by atoms with Crippen molar-refractivity contribution in [3.63, 3.8) is 0 Å². The van der Waals surface area contributed by atoms with Crippen LogP contribution in [-0.2, 0) is 4.74 Å². The van der Waals surface area contributed by atoms with Crippen molar-refractivity contribution in [2.45, 2.75) is 18.9 Å². The Morgan fingerprint density at radius 1 is 1.42 bits per heavy atom. The van der Waals surface area contributed by atoms with Crippen molar-refractivity contribution in [2.75, 3.05) is 26.3 Å². The summed E-state index contributed by atoms with van der Waals surface area (Å²) in [6.45, 7) is 2.65. The molecule has 0 saturated carbocycles. The van der Waals surface area contributed by atoms with Crippen LogP contribution in [0.25, 0.3) is 0 Å². The van der Waals surface area contributed by atoms with E-state index in [9.17, 15) is 13.9 Å². The number of hydrogen-bond acceptors (Lipinski definition) is 3. The number of rotatable bonds is 6. The molecule has 19 heavy (non-hydrogen) atoms. The third-order valence-corrected chi connectivity index (χ3v) is 3.41. The first-order valence-electron chi connectivity index (χ1n) is 6.58. The standard InChI is InChI=1S/C14H19F2NO2/c15-11-1-2-12(13(16)7-11)14(18)8-17-5-3-10-4-6-19-9-10/h1-2,7,10,14,17-18H,3-6,8-9H2. The molecule has 1 aromatic carbocycles. The normalized spacial score (nSPS) is 20.7. The summed E-state index contributed by atoms with van der Waals surface area (Å²) in [5.41, 5.74) is 0.123. The Labute approximate surface area is 111 Å². The zero-order chi connectivity index (χ0) is 13.7. The van der Waals surface area contributed by atoms with Gasteiger partial charge in [0.2, 0.25) is 0 Å². The van der Waals surface area contributed by atoms with Crippen molar-refractivity contribution < 1.29 is 18.6 Å². The van der Waals surface area contributed by atoms with E-state index in [0.29, 0.717) is 5.92 Å². The van der Waals surface area contributed by atoms with Gasteiger partial charge in [0.25, 0.3) is 0 Å². The molecule has 3 nitrogen and oxygen atoms in total. The van der Waals surface area contributed by atoms with E-state index < -0.39 is 17.7 Å². The topological polar surface area (TPSA) is 41.5 Å². The van der Waals surface area contributed by atoms with Crippen molar-refractivity contribution in [1.82, 2.24) is 5.32 Å². The number of aliphatic hydroxyl groups excluding tert-OH is 1. The molecule has 0 spiro atoms. The van der Waals surface area contributed by atoms with Gasteiger partial charge in [0.15, 0.2) is 0 Å². The van der Waals surface area contributed by atoms with Crippen LogP contribution in [-0.4, -0.2) is 31.4 Å². The van der Waals surface area contributed by atoms with E-state index in [1.165, 1.54) is 6.07 Å². The Bertz CT molecular complexity index is 408. The smallest absolute Gasteiger partial charge is 0.131 e. The van der Waals surface area contributed by atoms with Crippen LogP contribution < -0.4 is 5.32 Å². The summed E-state index contributed by atoms with van der Waals surface area (Å²) < 4.78 is 31.4. The summed E-state index contributed by atoms with van der Waals surface area (Å²) in [5, 5.41) is 12.9. The first-order chi connectivity index (χ1) is 9.16. The highest BCUT2D eigenvalue weighted by atomic mass is 19.1. The van der Waals surface area contributed by atoms with Crippen LogP contribution in [0.4, 0.5) is 8.78 Å². The molecule has 2 atom stereocenters. The van der Waals surface area contributed by atoms with Crippen LogP contribution in [0.3, 0.4) is 0 Å². The fourth-order valence-corrected chi connectivity index (χ4v) is 2.24. The number of halogens is 2. The second-order valence-corrected chi connectivity index (χ2v) is 4.90. The third kappa shape index (κ3) is 4.23. The number of nitrogens with one attached hydrogen (secondary N) is 1. The largest absolute Gasteiger partial charge is 0.387 e. The molecule has 1 saturated heterocycles. The lowest BCUT2D eigenvalue weighted by atomic mass is 10.1. The summed E-state index contributed by atoms with van der Waals surface area (Å²) in [6.07, 6.45) is 1.11. The molecule has 2 N–H and O–H groups in total. The van der Waals surface area contributed by atoms with E-state index in [2.05, 4.69) is 5.32 Å². The first-order valence-corrected chi connectivity index (χ1v) is 6.58. The average Bonchev–Trinajstić information content (AvgIpc) is 2.87. The number of ether oxygens (including phenoxy) is 1. The van der Waals surface area contributed by atoms with Gasteiger partial charge in [-0.2, -0.15) is 0 Å². The molecule has 1 heterocycles. The SMILES string of the molecule is OC(CNCCC1CCOC1)c1ccc(F)cc1F. The van der Waals surface area contributed by atoms with Gasteiger partial charge >= 0.3 is 0 Å². The van der Waals surface area contributed by atoms with E-state index in [-0.39, 0.29) is 12.1 Å². The Morgan fingerprint density at radius 3 is 2.95 bits per heavy atom. The molecular weight excluding hydrogens is 252 g/mol. The van der Waals surface area contributed by atoms with Gasteiger partial charge in [-0.25, -0.2) is 8.78 Å². The highest BCUT2D eigenvalue weighted by molar-refractivity contribution is 5.21. The Morgan fingerprint density at radius 2 is 2.26 bits per heavy atom. The highest BCUT2D eigenvalue weighted by Crippen LogP contribution is 2.18. The molecule has 0 radical (unpaired) electrons. The van der Waals surface area contributed by atoms with Crippen molar-refractivity contribution in [2.24, 2.45) is 5.92 Å². The van der Waals surface area contributed by atoms with E-state index in [1.807, 2.05) is 0 Å². The second kappa shape index (κ2) is 6.93. The maximum absolute atomic E-state index is 13.4. The third-order valence-electron chi connectivity index (χ3n) is 3.41. The maximum atomic E-state index is 13.4. The summed E-state index contributed by atoms with van der Waals surface area (Å²) in [5.74, 6) is -0.770. The molecule has 1 aliphatic rings. The molecular formula is C14H19F2NO2. The molecule has 0 aliphatic carbocycles. The van der Waals surface area contributed by atoms with Crippen LogP contribution in [0.15, 0.2) is 18.2 Å². The van der Waals surface area contributed by atoms with Crippen LogP contribution >= 0.6 is 0 Å². The van der Waals surface area contributed by atoms with E-state index in [4.69, 9.17) is 4.74 Å². The number of hydrogen-bond donors (Lipinski definition) is 2. The molecule has 2 rings (SSSR count). The van der Waals surface area contributed by atoms with Gasteiger partial charge < -0.3 is 15.2 Å². The summed E-state index contributed by atoms with van der Waals surface area (Å²) >= 11 is 0. The Balaban J connectivity index is 1.72. The van der Waals surface area contributed by atoms with Crippen LogP contribution in [0, 0.1) is 17.6 Å². The zero-order valence-electron chi connectivity index (χ0n) is 10.7. The first kappa shape index (κ1) is 14.4. The lowest BCUT2D eigenvalue weighted by Gasteiger charge is -2.14. The Hall–Kier alpha value is -1.04. The predicted molar refractivity (Wildman–Crippen MR) is 67.7 cm³/mol. The van der Waals surface area contributed by atoms with Crippen molar-refractivity contribution in [3.8, 4) is 0 Å². The van der Waals surface area contributed by atoms with Crippen molar-refractivity contribution >= 4 is 0 Å². The quantitative estimate of drug-likeness (QED) is 0.778. The summed E-state index contributed by atoms with van der Waals surface area (Å²) in [7, 11) is 0. The van der Waals surface area contributed by atoms with Gasteiger partial charge in [-0.15, -0.1) is 0 Å². The van der Waals surface area contributed by atoms with Crippen molar-refractivity contribution in [3.05, 3.63) is 35.4 Å².